The Morgan fingerprint density at radius 2 is 1.81 bits per heavy atom. The molecule has 0 aliphatic rings. The highest BCUT2D eigenvalue weighted by Crippen LogP contribution is 2.35. The van der Waals surface area contributed by atoms with Crippen LogP contribution in [0.1, 0.15) is 47.8 Å². The van der Waals surface area contributed by atoms with Gasteiger partial charge in [0, 0.05) is 17.1 Å². The van der Waals surface area contributed by atoms with E-state index in [1.807, 2.05) is 19.2 Å². The Kier molecular flexibility index (Phi) is 4.68. The minimum atomic E-state index is -4.34. The largest absolute Gasteiger partial charge is 0.416 e. The van der Waals surface area contributed by atoms with Gasteiger partial charge < -0.3 is 5.32 Å². The third kappa shape index (κ3) is 3.83. The van der Waals surface area contributed by atoms with Crippen LogP contribution in [0.3, 0.4) is 0 Å². The summed E-state index contributed by atoms with van der Waals surface area (Å²) < 4.78 is 39.1. The van der Waals surface area contributed by atoms with Crippen LogP contribution in [0.25, 0.3) is 0 Å². The van der Waals surface area contributed by atoms with Crippen LogP contribution in [0, 0.1) is 6.92 Å². The molecule has 2 aromatic rings. The Hall–Kier alpha value is -1.40. The molecule has 0 amide bonds. The molecule has 0 saturated carbocycles. The lowest BCUT2D eigenvalue weighted by molar-refractivity contribution is -0.138. The summed E-state index contributed by atoms with van der Waals surface area (Å²) in [5, 5.41) is 6.00. The first kappa shape index (κ1) is 16.0. The fraction of sp³-hybridized carbons (Fsp3) is 0.400. The summed E-state index contributed by atoms with van der Waals surface area (Å²) in [6.45, 7) is 5.54. The standard InChI is InChI=1S/C15H17F3N2S/c1-9-8-21-14(19-9)11(3)20-10(2)12-6-4-5-7-13(12)15(16,17)18/h4-8,10-11,20H,1-3H3. The number of nitrogens with one attached hydrogen (secondary N) is 1. The molecule has 1 N–H and O–H groups in total. The van der Waals surface area contributed by atoms with Gasteiger partial charge in [0.25, 0.3) is 0 Å². The normalized spacial score (nSPS) is 15.0. The van der Waals surface area contributed by atoms with E-state index in [-0.39, 0.29) is 11.6 Å². The van der Waals surface area contributed by atoms with Gasteiger partial charge in [0.1, 0.15) is 5.01 Å². The first-order valence-electron chi connectivity index (χ1n) is 6.63. The van der Waals surface area contributed by atoms with Crippen LogP contribution in [0.5, 0.6) is 0 Å². The Labute approximate surface area is 126 Å². The Morgan fingerprint density at radius 3 is 2.38 bits per heavy atom. The molecule has 1 aromatic heterocycles. The molecule has 114 valence electrons. The summed E-state index contributed by atoms with van der Waals surface area (Å²) in [6.07, 6.45) is -4.34. The van der Waals surface area contributed by atoms with Crippen molar-refractivity contribution in [3.05, 3.63) is 51.5 Å². The minimum absolute atomic E-state index is 0.0972. The highest BCUT2D eigenvalue weighted by Gasteiger charge is 2.34. The second-order valence-electron chi connectivity index (χ2n) is 5.02. The summed E-state index contributed by atoms with van der Waals surface area (Å²) >= 11 is 1.51. The zero-order valence-electron chi connectivity index (χ0n) is 12.0. The number of halogens is 3. The summed E-state index contributed by atoms with van der Waals surface area (Å²) in [7, 11) is 0. The first-order valence-corrected chi connectivity index (χ1v) is 7.51. The molecule has 1 heterocycles. The van der Waals surface area contributed by atoms with Crippen LogP contribution in [-0.4, -0.2) is 4.98 Å². The molecule has 0 spiro atoms. The molecule has 0 aliphatic heterocycles. The number of aromatic nitrogens is 1. The molecule has 2 nitrogen and oxygen atoms in total. The summed E-state index contributed by atoms with van der Waals surface area (Å²) in [4.78, 5) is 4.36. The fourth-order valence-electron chi connectivity index (χ4n) is 2.24. The number of rotatable bonds is 4. The van der Waals surface area contributed by atoms with Crippen molar-refractivity contribution in [2.75, 3.05) is 0 Å². The molecule has 2 unspecified atom stereocenters. The highest BCUT2D eigenvalue weighted by atomic mass is 32.1. The van der Waals surface area contributed by atoms with Gasteiger partial charge in [-0.3, -0.25) is 0 Å². The number of benzene rings is 1. The first-order chi connectivity index (χ1) is 9.79. The van der Waals surface area contributed by atoms with Crippen molar-refractivity contribution in [3.8, 4) is 0 Å². The number of thiazole rings is 1. The van der Waals surface area contributed by atoms with E-state index in [0.717, 1.165) is 16.8 Å². The second kappa shape index (κ2) is 6.15. The molecule has 0 saturated heterocycles. The van der Waals surface area contributed by atoms with Gasteiger partial charge >= 0.3 is 6.18 Å². The van der Waals surface area contributed by atoms with Crippen molar-refractivity contribution in [2.24, 2.45) is 0 Å². The molecule has 2 atom stereocenters. The quantitative estimate of drug-likeness (QED) is 0.870. The monoisotopic (exact) mass is 314 g/mol. The summed E-state index contributed by atoms with van der Waals surface area (Å²) in [5.41, 5.74) is 0.588. The van der Waals surface area contributed by atoms with Gasteiger partial charge in [0.2, 0.25) is 0 Å². The van der Waals surface area contributed by atoms with Gasteiger partial charge in [0.15, 0.2) is 0 Å². The molecule has 0 bridgehead atoms. The van der Waals surface area contributed by atoms with E-state index in [1.54, 1.807) is 13.0 Å². The van der Waals surface area contributed by atoms with E-state index in [1.165, 1.54) is 23.5 Å². The van der Waals surface area contributed by atoms with Crippen molar-refractivity contribution in [3.63, 3.8) is 0 Å². The van der Waals surface area contributed by atoms with E-state index in [4.69, 9.17) is 0 Å². The van der Waals surface area contributed by atoms with Crippen LogP contribution in [0.2, 0.25) is 0 Å². The van der Waals surface area contributed by atoms with Crippen LogP contribution in [0.15, 0.2) is 29.6 Å². The molecule has 0 aliphatic carbocycles. The average molecular weight is 314 g/mol. The Morgan fingerprint density at radius 1 is 1.14 bits per heavy atom. The minimum Gasteiger partial charge on any atom is -0.302 e. The van der Waals surface area contributed by atoms with Gasteiger partial charge in [-0.25, -0.2) is 4.98 Å². The SMILES string of the molecule is Cc1csc(C(C)NC(C)c2ccccc2C(F)(F)F)n1. The second-order valence-corrected chi connectivity index (χ2v) is 5.91. The summed E-state index contributed by atoms with van der Waals surface area (Å²) in [5.74, 6) is 0. The predicted octanol–water partition coefficient (Wildman–Crippen LogP) is 4.88. The smallest absolute Gasteiger partial charge is 0.302 e. The van der Waals surface area contributed by atoms with Gasteiger partial charge in [-0.1, -0.05) is 18.2 Å². The predicted molar refractivity (Wildman–Crippen MR) is 78.3 cm³/mol. The van der Waals surface area contributed by atoms with E-state index in [0.29, 0.717) is 0 Å². The zero-order valence-corrected chi connectivity index (χ0v) is 12.8. The average Bonchev–Trinajstić information content (AvgIpc) is 2.84. The van der Waals surface area contributed by atoms with Crippen LogP contribution in [-0.2, 0) is 6.18 Å². The molecule has 2 rings (SSSR count). The topological polar surface area (TPSA) is 24.9 Å². The maximum Gasteiger partial charge on any atom is 0.416 e. The molecular formula is C15H17F3N2S. The number of hydrogen-bond donors (Lipinski definition) is 1. The van der Waals surface area contributed by atoms with E-state index in [2.05, 4.69) is 10.3 Å². The van der Waals surface area contributed by atoms with Gasteiger partial charge in [0.05, 0.1) is 11.6 Å². The van der Waals surface area contributed by atoms with Crippen LogP contribution >= 0.6 is 11.3 Å². The van der Waals surface area contributed by atoms with Crippen molar-refractivity contribution < 1.29 is 13.2 Å². The zero-order chi connectivity index (χ0) is 15.6. The lowest BCUT2D eigenvalue weighted by Crippen LogP contribution is -2.24. The molecule has 0 radical (unpaired) electrons. The van der Waals surface area contributed by atoms with Crippen molar-refractivity contribution in [2.45, 2.75) is 39.0 Å². The lowest BCUT2D eigenvalue weighted by atomic mass is 10.0. The van der Waals surface area contributed by atoms with Crippen molar-refractivity contribution in [1.29, 1.82) is 0 Å². The number of hydrogen-bond acceptors (Lipinski definition) is 3. The maximum absolute atomic E-state index is 13.0. The molecule has 21 heavy (non-hydrogen) atoms. The van der Waals surface area contributed by atoms with Gasteiger partial charge in [-0.15, -0.1) is 11.3 Å². The van der Waals surface area contributed by atoms with Gasteiger partial charge in [-0.05, 0) is 32.4 Å². The summed E-state index contributed by atoms with van der Waals surface area (Å²) in [6, 6.07) is 5.15. The van der Waals surface area contributed by atoms with E-state index < -0.39 is 17.8 Å². The van der Waals surface area contributed by atoms with Crippen molar-refractivity contribution >= 4 is 11.3 Å². The molecule has 1 aromatic carbocycles. The molecule has 6 heteroatoms. The number of nitrogens with zero attached hydrogens (tertiary/aromatic N) is 1. The number of aryl methyl sites for hydroxylation is 1. The van der Waals surface area contributed by atoms with E-state index in [9.17, 15) is 13.2 Å². The Bertz CT molecular complexity index is 607. The molecule has 0 fully saturated rings. The van der Waals surface area contributed by atoms with Gasteiger partial charge in [-0.2, -0.15) is 13.2 Å². The maximum atomic E-state index is 13.0. The van der Waals surface area contributed by atoms with Crippen LogP contribution in [0.4, 0.5) is 13.2 Å². The third-order valence-corrected chi connectivity index (χ3v) is 4.39. The number of alkyl halides is 3. The highest BCUT2D eigenvalue weighted by molar-refractivity contribution is 7.09. The fourth-order valence-corrected chi connectivity index (χ4v) is 3.05. The van der Waals surface area contributed by atoms with Crippen LogP contribution < -0.4 is 5.32 Å². The van der Waals surface area contributed by atoms with Crippen molar-refractivity contribution in [1.82, 2.24) is 10.3 Å². The van der Waals surface area contributed by atoms with E-state index >= 15 is 0 Å². The lowest BCUT2D eigenvalue weighted by Gasteiger charge is -2.22. The Balaban J connectivity index is 2.19. The third-order valence-electron chi connectivity index (χ3n) is 3.24. The molecular weight excluding hydrogens is 297 g/mol.